The molecule has 3 rings (SSSR count). The molecule has 0 radical (unpaired) electrons. The average molecular weight is 368 g/mol. The number of rotatable bonds is 5. The van der Waals surface area contributed by atoms with Gasteiger partial charge in [-0.1, -0.05) is 26.0 Å². The number of thiazole rings is 1. The normalized spacial score (nSPS) is 11.5. The van der Waals surface area contributed by atoms with Gasteiger partial charge in [0, 0.05) is 22.5 Å². The summed E-state index contributed by atoms with van der Waals surface area (Å²) in [5.41, 5.74) is 2.40. The first-order valence-corrected chi connectivity index (χ1v) is 9.33. The molecule has 0 aliphatic heterocycles. The van der Waals surface area contributed by atoms with Crippen LogP contribution in [0.4, 0.5) is 0 Å². The van der Waals surface area contributed by atoms with Crippen molar-refractivity contribution in [1.82, 2.24) is 9.97 Å². The number of pyridine rings is 1. The van der Waals surface area contributed by atoms with Crippen LogP contribution in [0.1, 0.15) is 53.3 Å². The van der Waals surface area contributed by atoms with Crippen molar-refractivity contribution in [3.8, 4) is 0 Å². The van der Waals surface area contributed by atoms with Crippen molar-refractivity contribution < 1.29 is 9.53 Å². The van der Waals surface area contributed by atoms with Crippen molar-refractivity contribution in [3.63, 3.8) is 0 Å². The van der Waals surface area contributed by atoms with Gasteiger partial charge in [0.05, 0.1) is 12.3 Å². The van der Waals surface area contributed by atoms with Gasteiger partial charge in [0.25, 0.3) is 0 Å². The number of benzene rings is 1. The molecule has 2 heterocycles. The molecule has 1 N–H and O–H groups in total. The summed E-state index contributed by atoms with van der Waals surface area (Å²) in [5, 5.41) is 3.48. The van der Waals surface area contributed by atoms with E-state index < -0.39 is 5.97 Å². The predicted octanol–water partition coefficient (Wildman–Crippen LogP) is 4.46. The summed E-state index contributed by atoms with van der Waals surface area (Å²) >= 11 is 1.61. The number of nitrogens with one attached hydrogen (secondary N) is 1. The molecule has 0 unspecified atom stereocenters. The minimum absolute atomic E-state index is 0.0200. The number of esters is 1. The van der Waals surface area contributed by atoms with E-state index in [0.29, 0.717) is 16.8 Å². The summed E-state index contributed by atoms with van der Waals surface area (Å²) in [6, 6.07) is 5.44. The second kappa shape index (κ2) is 7.66. The standard InChI is InChI=1S/C20H20N2O3S/c1-4-25-20(24)15-10-21-16-9-13(5-7-14(16)19(15)23)6-8-18-22-17(11-26-18)12(2)3/h5-12H,4H2,1-3H3,(H,21,23)/b8-6+. The van der Waals surface area contributed by atoms with Crippen LogP contribution in [0.25, 0.3) is 23.1 Å². The van der Waals surface area contributed by atoms with E-state index >= 15 is 0 Å². The van der Waals surface area contributed by atoms with Crippen molar-refractivity contribution in [2.75, 3.05) is 6.61 Å². The lowest BCUT2D eigenvalue weighted by Crippen LogP contribution is -2.18. The number of fused-ring (bicyclic) bond motifs is 1. The Kier molecular flexibility index (Phi) is 5.32. The molecular formula is C20H20N2O3S. The van der Waals surface area contributed by atoms with Gasteiger partial charge in [0.15, 0.2) is 0 Å². The Bertz CT molecular complexity index is 1030. The van der Waals surface area contributed by atoms with Crippen LogP contribution in [-0.4, -0.2) is 22.5 Å². The molecule has 5 nitrogen and oxygen atoms in total. The summed E-state index contributed by atoms with van der Waals surface area (Å²) < 4.78 is 4.91. The molecule has 134 valence electrons. The monoisotopic (exact) mass is 368 g/mol. The Morgan fingerprint density at radius 3 is 2.85 bits per heavy atom. The predicted molar refractivity (Wildman–Crippen MR) is 106 cm³/mol. The Morgan fingerprint density at radius 1 is 1.35 bits per heavy atom. The number of aromatic nitrogens is 2. The van der Waals surface area contributed by atoms with Gasteiger partial charge in [-0.25, -0.2) is 9.78 Å². The third-order valence-electron chi connectivity index (χ3n) is 3.95. The topological polar surface area (TPSA) is 72.1 Å². The van der Waals surface area contributed by atoms with Crippen LogP contribution in [0.3, 0.4) is 0 Å². The van der Waals surface area contributed by atoms with Gasteiger partial charge in [-0.2, -0.15) is 0 Å². The zero-order valence-electron chi connectivity index (χ0n) is 14.9. The lowest BCUT2D eigenvalue weighted by Gasteiger charge is -2.04. The van der Waals surface area contributed by atoms with Crippen LogP contribution in [0.2, 0.25) is 0 Å². The van der Waals surface area contributed by atoms with Gasteiger partial charge in [-0.3, -0.25) is 4.79 Å². The number of carbonyl (C=O) groups excluding carboxylic acids is 1. The van der Waals surface area contributed by atoms with E-state index in [4.69, 9.17) is 4.74 Å². The third-order valence-corrected chi connectivity index (χ3v) is 4.78. The van der Waals surface area contributed by atoms with Crippen molar-refractivity contribution in [2.24, 2.45) is 0 Å². The SMILES string of the molecule is CCOC(=O)c1c[nH]c2cc(/C=C/c3nc(C(C)C)cs3)ccc2c1=O. The highest BCUT2D eigenvalue weighted by atomic mass is 32.1. The maximum Gasteiger partial charge on any atom is 0.343 e. The minimum Gasteiger partial charge on any atom is -0.462 e. The molecule has 0 aliphatic rings. The van der Waals surface area contributed by atoms with E-state index in [2.05, 4.69) is 29.2 Å². The maximum atomic E-state index is 12.5. The number of hydrogen-bond acceptors (Lipinski definition) is 5. The van der Waals surface area contributed by atoms with Crippen molar-refractivity contribution in [2.45, 2.75) is 26.7 Å². The molecule has 0 aliphatic carbocycles. The number of aromatic amines is 1. The highest BCUT2D eigenvalue weighted by Gasteiger charge is 2.13. The summed E-state index contributed by atoms with van der Waals surface area (Å²) in [6.45, 7) is 6.17. The van der Waals surface area contributed by atoms with Gasteiger partial charge in [-0.05, 0) is 36.6 Å². The first kappa shape index (κ1) is 18.1. The highest BCUT2D eigenvalue weighted by Crippen LogP contribution is 2.20. The molecule has 0 amide bonds. The molecular weight excluding hydrogens is 348 g/mol. The van der Waals surface area contributed by atoms with Crippen molar-refractivity contribution >= 4 is 40.4 Å². The Balaban J connectivity index is 1.89. The number of hydrogen-bond donors (Lipinski definition) is 1. The average Bonchev–Trinajstić information content (AvgIpc) is 3.09. The fourth-order valence-corrected chi connectivity index (χ4v) is 3.38. The quantitative estimate of drug-likeness (QED) is 0.675. The van der Waals surface area contributed by atoms with Gasteiger partial charge in [0.2, 0.25) is 5.43 Å². The first-order chi connectivity index (χ1) is 12.5. The fourth-order valence-electron chi connectivity index (χ4n) is 2.51. The summed E-state index contributed by atoms with van der Waals surface area (Å²) in [7, 11) is 0. The fraction of sp³-hybridized carbons (Fsp3) is 0.250. The van der Waals surface area contributed by atoms with Crippen LogP contribution in [0, 0.1) is 0 Å². The molecule has 2 aromatic heterocycles. The summed E-state index contributed by atoms with van der Waals surface area (Å²) in [6.07, 6.45) is 5.33. The number of ether oxygens (including phenoxy) is 1. The number of carbonyl (C=O) groups is 1. The van der Waals surface area contributed by atoms with E-state index in [-0.39, 0.29) is 17.6 Å². The minimum atomic E-state index is -0.607. The van der Waals surface area contributed by atoms with Gasteiger partial charge in [-0.15, -0.1) is 11.3 Å². The Morgan fingerprint density at radius 2 is 2.15 bits per heavy atom. The molecule has 0 atom stereocenters. The summed E-state index contributed by atoms with van der Waals surface area (Å²) in [5.74, 6) is -0.197. The molecule has 0 spiro atoms. The smallest absolute Gasteiger partial charge is 0.343 e. The van der Waals surface area contributed by atoms with Gasteiger partial charge < -0.3 is 9.72 Å². The molecule has 0 bridgehead atoms. The Hall–Kier alpha value is -2.73. The van der Waals surface area contributed by atoms with E-state index in [1.807, 2.05) is 24.3 Å². The zero-order valence-corrected chi connectivity index (χ0v) is 15.7. The largest absolute Gasteiger partial charge is 0.462 e. The molecule has 0 fully saturated rings. The van der Waals surface area contributed by atoms with Crippen LogP contribution >= 0.6 is 11.3 Å². The second-order valence-corrected chi connectivity index (χ2v) is 7.05. The van der Waals surface area contributed by atoms with Crippen molar-refractivity contribution in [1.29, 1.82) is 0 Å². The zero-order chi connectivity index (χ0) is 18.7. The third kappa shape index (κ3) is 3.75. The Labute approximate surface area is 155 Å². The van der Waals surface area contributed by atoms with E-state index in [1.54, 1.807) is 24.3 Å². The molecule has 0 saturated heterocycles. The van der Waals surface area contributed by atoms with Crippen LogP contribution < -0.4 is 5.43 Å². The van der Waals surface area contributed by atoms with Crippen molar-refractivity contribution in [3.05, 3.63) is 61.8 Å². The second-order valence-electron chi connectivity index (χ2n) is 6.16. The van der Waals surface area contributed by atoms with E-state index in [9.17, 15) is 9.59 Å². The molecule has 0 saturated carbocycles. The molecule has 6 heteroatoms. The van der Waals surface area contributed by atoms with Gasteiger partial charge in [0.1, 0.15) is 10.6 Å². The maximum absolute atomic E-state index is 12.5. The lowest BCUT2D eigenvalue weighted by atomic mass is 10.1. The number of nitrogens with zero attached hydrogens (tertiary/aromatic N) is 1. The molecule has 1 aromatic carbocycles. The lowest BCUT2D eigenvalue weighted by molar-refractivity contribution is 0.0524. The van der Waals surface area contributed by atoms with Gasteiger partial charge >= 0.3 is 5.97 Å². The highest BCUT2D eigenvalue weighted by molar-refractivity contribution is 7.10. The summed E-state index contributed by atoms with van der Waals surface area (Å²) in [4.78, 5) is 31.9. The van der Waals surface area contributed by atoms with E-state index in [1.165, 1.54) is 6.20 Å². The van der Waals surface area contributed by atoms with Crippen LogP contribution in [0.15, 0.2) is 34.6 Å². The first-order valence-electron chi connectivity index (χ1n) is 8.45. The number of H-pyrrole nitrogens is 1. The molecule has 26 heavy (non-hydrogen) atoms. The van der Waals surface area contributed by atoms with Crippen LogP contribution in [-0.2, 0) is 4.74 Å². The van der Waals surface area contributed by atoms with Crippen LogP contribution in [0.5, 0.6) is 0 Å². The molecule has 3 aromatic rings. The van der Waals surface area contributed by atoms with E-state index in [0.717, 1.165) is 16.3 Å².